The average molecular weight is 232 g/mol. The van der Waals surface area contributed by atoms with Gasteiger partial charge in [0.15, 0.2) is 0 Å². The van der Waals surface area contributed by atoms with Gasteiger partial charge in [0.2, 0.25) is 0 Å². The molecule has 94 valence electrons. The molecule has 0 aromatic heterocycles. The molecule has 0 aliphatic heterocycles. The minimum atomic E-state index is 0.239. The van der Waals surface area contributed by atoms with E-state index < -0.39 is 0 Å². The first-order valence-corrected chi connectivity index (χ1v) is 6.89. The van der Waals surface area contributed by atoms with E-state index in [-0.39, 0.29) is 6.04 Å². The predicted molar refractivity (Wildman–Crippen MR) is 74.4 cm³/mol. The maximum absolute atomic E-state index is 6.21. The lowest BCUT2D eigenvalue weighted by atomic mass is 9.99. The zero-order valence-corrected chi connectivity index (χ0v) is 11.0. The molecule has 0 amide bonds. The van der Waals surface area contributed by atoms with Gasteiger partial charge in [-0.25, -0.2) is 0 Å². The van der Waals surface area contributed by atoms with Crippen LogP contribution in [0.15, 0.2) is 18.2 Å². The molecular weight excluding hydrogens is 208 g/mol. The van der Waals surface area contributed by atoms with Gasteiger partial charge in [-0.15, -0.1) is 0 Å². The highest BCUT2D eigenvalue weighted by molar-refractivity contribution is 5.52. The molecule has 0 heterocycles. The number of hydrogen-bond acceptors (Lipinski definition) is 2. The van der Waals surface area contributed by atoms with Gasteiger partial charge in [-0.3, -0.25) is 0 Å². The standard InChI is InChI=1S/C15H24N2/c1-3-5-8-17-12-6-7-13-11(4-2)9-15(16)14(13)10-12/h6-7,10-11,15,17H,3-5,8-9,16H2,1-2H3/t11-,15+/m1/s1. The Kier molecular flexibility index (Phi) is 4.06. The van der Waals surface area contributed by atoms with Crippen molar-refractivity contribution in [3.8, 4) is 0 Å². The molecule has 0 radical (unpaired) electrons. The van der Waals surface area contributed by atoms with Crippen molar-refractivity contribution in [2.45, 2.75) is 51.5 Å². The average Bonchev–Trinajstić information content (AvgIpc) is 2.66. The first-order chi connectivity index (χ1) is 8.26. The number of rotatable bonds is 5. The summed E-state index contributed by atoms with van der Waals surface area (Å²) in [6, 6.07) is 6.97. The fourth-order valence-electron chi connectivity index (χ4n) is 2.73. The van der Waals surface area contributed by atoms with Crippen LogP contribution in [0.25, 0.3) is 0 Å². The first kappa shape index (κ1) is 12.4. The normalized spacial score (nSPS) is 22.5. The van der Waals surface area contributed by atoms with E-state index in [0.717, 1.165) is 13.0 Å². The second-order valence-electron chi connectivity index (χ2n) is 5.07. The highest BCUT2D eigenvalue weighted by Crippen LogP contribution is 2.41. The van der Waals surface area contributed by atoms with Crippen molar-refractivity contribution in [3.63, 3.8) is 0 Å². The molecule has 2 heteroatoms. The van der Waals surface area contributed by atoms with Crippen LogP contribution in [0.2, 0.25) is 0 Å². The van der Waals surface area contributed by atoms with E-state index >= 15 is 0 Å². The minimum absolute atomic E-state index is 0.239. The second kappa shape index (κ2) is 5.54. The SMILES string of the molecule is CCCCNc1ccc2c(c1)[C@@H](N)C[C@H]2CC. The zero-order valence-electron chi connectivity index (χ0n) is 11.0. The molecule has 2 nitrogen and oxygen atoms in total. The van der Waals surface area contributed by atoms with Gasteiger partial charge >= 0.3 is 0 Å². The molecule has 0 unspecified atom stereocenters. The zero-order chi connectivity index (χ0) is 12.3. The highest BCUT2D eigenvalue weighted by Gasteiger charge is 2.27. The second-order valence-corrected chi connectivity index (χ2v) is 5.07. The third kappa shape index (κ3) is 2.63. The van der Waals surface area contributed by atoms with Crippen LogP contribution in [0, 0.1) is 0 Å². The third-order valence-electron chi connectivity index (χ3n) is 3.82. The Balaban J connectivity index is 2.11. The number of nitrogens with two attached hydrogens (primary N) is 1. The molecule has 0 saturated heterocycles. The van der Waals surface area contributed by atoms with Crippen LogP contribution in [0.1, 0.15) is 62.6 Å². The Bertz CT molecular complexity index is 373. The van der Waals surface area contributed by atoms with Crippen molar-refractivity contribution >= 4 is 5.69 Å². The van der Waals surface area contributed by atoms with Gasteiger partial charge in [0.1, 0.15) is 0 Å². The van der Waals surface area contributed by atoms with Crippen LogP contribution in [0.4, 0.5) is 5.69 Å². The van der Waals surface area contributed by atoms with Crippen LogP contribution < -0.4 is 11.1 Å². The summed E-state index contributed by atoms with van der Waals surface area (Å²) in [6.45, 7) is 5.52. The first-order valence-electron chi connectivity index (χ1n) is 6.89. The van der Waals surface area contributed by atoms with Crippen molar-refractivity contribution in [1.82, 2.24) is 0 Å². The molecule has 0 fully saturated rings. The lowest BCUT2D eigenvalue weighted by Gasteiger charge is -2.11. The summed E-state index contributed by atoms with van der Waals surface area (Å²) < 4.78 is 0. The van der Waals surface area contributed by atoms with Gasteiger partial charge in [0, 0.05) is 18.3 Å². The molecule has 2 rings (SSSR count). The van der Waals surface area contributed by atoms with Crippen LogP contribution in [-0.2, 0) is 0 Å². The van der Waals surface area contributed by atoms with Gasteiger partial charge in [-0.05, 0) is 48.4 Å². The maximum atomic E-state index is 6.21. The summed E-state index contributed by atoms with van der Waals surface area (Å²) in [5.74, 6) is 0.671. The molecule has 1 aliphatic carbocycles. The lowest BCUT2D eigenvalue weighted by Crippen LogP contribution is -2.07. The highest BCUT2D eigenvalue weighted by atomic mass is 14.9. The Hall–Kier alpha value is -1.02. The van der Waals surface area contributed by atoms with E-state index in [2.05, 4.69) is 37.4 Å². The van der Waals surface area contributed by atoms with Gasteiger partial charge in [0.05, 0.1) is 0 Å². The number of unbranched alkanes of at least 4 members (excludes halogenated alkanes) is 1. The molecule has 17 heavy (non-hydrogen) atoms. The summed E-state index contributed by atoms with van der Waals surface area (Å²) in [6.07, 6.45) is 4.77. The quantitative estimate of drug-likeness (QED) is 0.758. The lowest BCUT2D eigenvalue weighted by molar-refractivity contribution is 0.589. The Morgan fingerprint density at radius 3 is 2.82 bits per heavy atom. The van der Waals surface area contributed by atoms with Gasteiger partial charge in [0.25, 0.3) is 0 Å². The van der Waals surface area contributed by atoms with E-state index in [0.29, 0.717) is 5.92 Å². The molecule has 0 saturated carbocycles. The Morgan fingerprint density at radius 1 is 1.29 bits per heavy atom. The van der Waals surface area contributed by atoms with Gasteiger partial charge in [-0.2, -0.15) is 0 Å². The smallest absolute Gasteiger partial charge is 0.0343 e. The number of nitrogens with one attached hydrogen (secondary N) is 1. The van der Waals surface area contributed by atoms with Crippen molar-refractivity contribution in [2.24, 2.45) is 5.73 Å². The van der Waals surface area contributed by atoms with Crippen molar-refractivity contribution in [1.29, 1.82) is 0 Å². The third-order valence-corrected chi connectivity index (χ3v) is 3.82. The van der Waals surface area contributed by atoms with E-state index in [9.17, 15) is 0 Å². The van der Waals surface area contributed by atoms with E-state index in [1.807, 2.05) is 0 Å². The van der Waals surface area contributed by atoms with Crippen LogP contribution in [0.5, 0.6) is 0 Å². The summed E-state index contributed by atoms with van der Waals surface area (Å²) in [5, 5.41) is 3.47. The summed E-state index contributed by atoms with van der Waals surface area (Å²) in [7, 11) is 0. The summed E-state index contributed by atoms with van der Waals surface area (Å²) >= 11 is 0. The molecule has 0 bridgehead atoms. The largest absolute Gasteiger partial charge is 0.385 e. The molecule has 2 atom stereocenters. The fourth-order valence-corrected chi connectivity index (χ4v) is 2.73. The Morgan fingerprint density at radius 2 is 2.12 bits per heavy atom. The molecule has 0 spiro atoms. The van der Waals surface area contributed by atoms with Crippen LogP contribution in [-0.4, -0.2) is 6.54 Å². The van der Waals surface area contributed by atoms with Crippen LogP contribution >= 0.6 is 0 Å². The van der Waals surface area contributed by atoms with Crippen LogP contribution in [0.3, 0.4) is 0 Å². The van der Waals surface area contributed by atoms with Crippen molar-refractivity contribution in [3.05, 3.63) is 29.3 Å². The number of anilines is 1. The number of hydrogen-bond donors (Lipinski definition) is 2. The van der Waals surface area contributed by atoms with E-state index in [1.165, 1.54) is 36.1 Å². The topological polar surface area (TPSA) is 38.0 Å². The molecular formula is C15H24N2. The number of benzene rings is 1. The van der Waals surface area contributed by atoms with E-state index in [4.69, 9.17) is 5.73 Å². The molecule has 1 aliphatic rings. The maximum Gasteiger partial charge on any atom is 0.0343 e. The molecule has 1 aromatic rings. The predicted octanol–water partition coefficient (Wildman–Crippen LogP) is 3.80. The van der Waals surface area contributed by atoms with Crippen molar-refractivity contribution in [2.75, 3.05) is 11.9 Å². The Labute approximate surface area is 105 Å². The van der Waals surface area contributed by atoms with E-state index in [1.54, 1.807) is 0 Å². The number of fused-ring (bicyclic) bond motifs is 1. The van der Waals surface area contributed by atoms with Crippen molar-refractivity contribution < 1.29 is 0 Å². The molecule has 3 N–H and O–H groups in total. The van der Waals surface area contributed by atoms with Gasteiger partial charge < -0.3 is 11.1 Å². The minimum Gasteiger partial charge on any atom is -0.385 e. The monoisotopic (exact) mass is 232 g/mol. The molecule has 1 aromatic carbocycles. The summed E-state index contributed by atoms with van der Waals surface area (Å²) in [5.41, 5.74) is 10.3. The summed E-state index contributed by atoms with van der Waals surface area (Å²) in [4.78, 5) is 0. The fraction of sp³-hybridized carbons (Fsp3) is 0.600. The van der Waals surface area contributed by atoms with Gasteiger partial charge in [-0.1, -0.05) is 26.3 Å².